The summed E-state index contributed by atoms with van der Waals surface area (Å²) >= 11 is 1.16. The number of rotatable bonds is 9. The average molecular weight is 470 g/mol. The number of nitrogens with zero attached hydrogens (tertiary/aromatic N) is 2. The first kappa shape index (κ1) is 24.6. The summed E-state index contributed by atoms with van der Waals surface area (Å²) in [6, 6.07) is 10.2. The molecular formula is C25H28FN3O3S. The van der Waals surface area contributed by atoms with Crippen LogP contribution < -0.4 is 10.9 Å². The first-order valence-corrected chi connectivity index (χ1v) is 11.9. The van der Waals surface area contributed by atoms with E-state index in [0.717, 1.165) is 11.8 Å². The summed E-state index contributed by atoms with van der Waals surface area (Å²) in [6.07, 6.45) is 0. The second kappa shape index (κ2) is 10.7. The summed E-state index contributed by atoms with van der Waals surface area (Å²) in [6.45, 7) is 9.01. The molecule has 6 nitrogen and oxygen atoms in total. The molecule has 0 saturated carbocycles. The summed E-state index contributed by atoms with van der Waals surface area (Å²) in [4.78, 5) is 42.9. The maximum atomic E-state index is 13.2. The van der Waals surface area contributed by atoms with Crippen molar-refractivity contribution in [3.63, 3.8) is 0 Å². The van der Waals surface area contributed by atoms with Crippen molar-refractivity contribution in [2.75, 3.05) is 12.3 Å². The lowest BCUT2D eigenvalue weighted by atomic mass is 10.1. The number of hydrogen-bond acceptors (Lipinski definition) is 5. The fraction of sp³-hybridized carbons (Fsp3) is 0.360. The van der Waals surface area contributed by atoms with Crippen LogP contribution in [-0.2, 0) is 6.54 Å². The minimum Gasteiger partial charge on any atom is -0.352 e. The van der Waals surface area contributed by atoms with E-state index in [1.54, 1.807) is 22.8 Å². The third-order valence-corrected chi connectivity index (χ3v) is 5.88. The molecule has 1 aromatic heterocycles. The van der Waals surface area contributed by atoms with Gasteiger partial charge >= 0.3 is 0 Å². The molecule has 174 valence electrons. The monoisotopic (exact) mass is 469 g/mol. The van der Waals surface area contributed by atoms with Gasteiger partial charge < -0.3 is 5.32 Å². The highest BCUT2D eigenvalue weighted by atomic mass is 32.2. The zero-order valence-electron chi connectivity index (χ0n) is 19.2. The number of halogens is 1. The van der Waals surface area contributed by atoms with E-state index < -0.39 is 5.82 Å². The molecule has 0 radical (unpaired) electrons. The third kappa shape index (κ3) is 6.28. The van der Waals surface area contributed by atoms with Gasteiger partial charge in [0.05, 0.1) is 16.7 Å². The quantitative estimate of drug-likeness (QED) is 0.282. The molecule has 2 aromatic carbocycles. The summed E-state index contributed by atoms with van der Waals surface area (Å²) < 4.78 is 14.7. The second-order valence-corrected chi connectivity index (χ2v) is 9.70. The molecule has 0 unspecified atom stereocenters. The van der Waals surface area contributed by atoms with Crippen LogP contribution in [0.1, 0.15) is 48.4 Å². The first-order valence-electron chi connectivity index (χ1n) is 10.9. The maximum absolute atomic E-state index is 13.2. The van der Waals surface area contributed by atoms with Crippen molar-refractivity contribution in [2.24, 2.45) is 11.8 Å². The molecule has 33 heavy (non-hydrogen) atoms. The minimum atomic E-state index is -0.408. The number of Topliss-reactive ketones (excluding diaryl/α,β-unsaturated/α-hetero) is 1. The standard InChI is InChI=1S/C25H28FN3O3S/c1-15(2)12-27-23(31)18-7-10-20-21(11-18)28-25(29(24(20)32)13-16(3)4)33-14-22(30)17-5-8-19(26)9-6-17/h5-11,15-16H,12-14H2,1-4H3,(H,27,31). The zero-order chi connectivity index (χ0) is 24.1. The minimum absolute atomic E-state index is 0.0518. The maximum Gasteiger partial charge on any atom is 0.262 e. The van der Waals surface area contributed by atoms with Gasteiger partial charge in [0.2, 0.25) is 0 Å². The fourth-order valence-corrected chi connectivity index (χ4v) is 4.13. The summed E-state index contributed by atoms with van der Waals surface area (Å²) in [7, 11) is 0. The molecule has 3 rings (SSSR count). The van der Waals surface area contributed by atoms with E-state index >= 15 is 0 Å². The average Bonchev–Trinajstić information content (AvgIpc) is 2.77. The van der Waals surface area contributed by atoms with Gasteiger partial charge in [-0.25, -0.2) is 9.37 Å². The Balaban J connectivity index is 1.94. The van der Waals surface area contributed by atoms with Crippen molar-refractivity contribution in [3.8, 4) is 0 Å². The molecule has 1 amide bonds. The van der Waals surface area contributed by atoms with Crippen molar-refractivity contribution < 1.29 is 14.0 Å². The number of fused-ring (bicyclic) bond motifs is 1. The molecule has 3 aromatic rings. The number of ketones is 1. The Morgan fingerprint density at radius 3 is 2.33 bits per heavy atom. The van der Waals surface area contributed by atoms with Gasteiger partial charge in [0.15, 0.2) is 10.9 Å². The van der Waals surface area contributed by atoms with Crippen LogP contribution in [0.25, 0.3) is 10.9 Å². The van der Waals surface area contributed by atoms with Crippen molar-refractivity contribution in [1.29, 1.82) is 0 Å². The first-order chi connectivity index (χ1) is 15.7. The Hall–Kier alpha value is -3.00. The van der Waals surface area contributed by atoms with Crippen molar-refractivity contribution in [2.45, 2.75) is 39.4 Å². The van der Waals surface area contributed by atoms with E-state index in [0.29, 0.717) is 46.2 Å². The normalized spacial score (nSPS) is 11.4. The van der Waals surface area contributed by atoms with E-state index in [1.807, 2.05) is 27.7 Å². The van der Waals surface area contributed by atoms with Crippen molar-refractivity contribution in [3.05, 3.63) is 69.8 Å². The molecule has 0 saturated heterocycles. The summed E-state index contributed by atoms with van der Waals surface area (Å²) in [5.41, 5.74) is 1.02. The van der Waals surface area contributed by atoms with Gasteiger partial charge in [-0.2, -0.15) is 0 Å². The molecule has 8 heteroatoms. The van der Waals surface area contributed by atoms with Gasteiger partial charge in [0.25, 0.3) is 11.5 Å². The fourth-order valence-electron chi connectivity index (χ4n) is 3.23. The molecule has 0 fully saturated rings. The summed E-state index contributed by atoms with van der Waals surface area (Å²) in [5.74, 6) is -0.260. The second-order valence-electron chi connectivity index (χ2n) is 8.76. The number of benzene rings is 2. The molecule has 1 N–H and O–H groups in total. The highest BCUT2D eigenvalue weighted by Crippen LogP contribution is 2.21. The molecule has 0 aliphatic rings. The van der Waals surface area contributed by atoms with Gasteiger partial charge in [-0.1, -0.05) is 39.5 Å². The van der Waals surface area contributed by atoms with Gasteiger partial charge in [-0.05, 0) is 54.3 Å². The molecule has 0 aliphatic carbocycles. The highest BCUT2D eigenvalue weighted by Gasteiger charge is 2.17. The molecule has 1 heterocycles. The number of hydrogen-bond donors (Lipinski definition) is 1. The van der Waals surface area contributed by atoms with Crippen LogP contribution in [0.15, 0.2) is 52.4 Å². The van der Waals surface area contributed by atoms with E-state index in [1.165, 1.54) is 24.3 Å². The number of nitrogens with one attached hydrogen (secondary N) is 1. The van der Waals surface area contributed by atoms with Crippen molar-refractivity contribution in [1.82, 2.24) is 14.9 Å². The lowest BCUT2D eigenvalue weighted by Crippen LogP contribution is -2.28. The van der Waals surface area contributed by atoms with E-state index in [9.17, 15) is 18.8 Å². The Morgan fingerprint density at radius 2 is 1.70 bits per heavy atom. The third-order valence-electron chi connectivity index (χ3n) is 4.90. The Labute approximate surface area is 196 Å². The SMILES string of the molecule is CC(C)CNC(=O)c1ccc2c(=O)n(CC(C)C)c(SCC(=O)c3ccc(F)cc3)nc2c1. The van der Waals surface area contributed by atoms with Crippen LogP contribution in [0.2, 0.25) is 0 Å². The van der Waals surface area contributed by atoms with E-state index in [2.05, 4.69) is 10.3 Å². The lowest BCUT2D eigenvalue weighted by Gasteiger charge is -2.15. The van der Waals surface area contributed by atoms with E-state index in [-0.39, 0.29) is 28.9 Å². The van der Waals surface area contributed by atoms with Crippen LogP contribution in [0.5, 0.6) is 0 Å². The van der Waals surface area contributed by atoms with E-state index in [4.69, 9.17) is 0 Å². The Bertz CT molecular complexity index is 1220. The zero-order valence-corrected chi connectivity index (χ0v) is 20.0. The Kier molecular flexibility index (Phi) is 8.02. The molecule has 0 aliphatic heterocycles. The van der Waals surface area contributed by atoms with Crippen LogP contribution in [0.4, 0.5) is 4.39 Å². The number of amides is 1. The predicted molar refractivity (Wildman–Crippen MR) is 129 cm³/mol. The topological polar surface area (TPSA) is 81.1 Å². The number of carbonyl (C=O) groups is 2. The van der Waals surface area contributed by atoms with Crippen LogP contribution in [0, 0.1) is 17.7 Å². The molecule has 0 atom stereocenters. The van der Waals surface area contributed by atoms with Gasteiger partial charge in [-0.15, -0.1) is 0 Å². The highest BCUT2D eigenvalue weighted by molar-refractivity contribution is 7.99. The van der Waals surface area contributed by atoms with Crippen LogP contribution >= 0.6 is 11.8 Å². The molecule has 0 spiro atoms. The summed E-state index contributed by atoms with van der Waals surface area (Å²) in [5, 5.41) is 3.70. The van der Waals surface area contributed by atoms with Crippen LogP contribution in [0.3, 0.4) is 0 Å². The van der Waals surface area contributed by atoms with Crippen molar-refractivity contribution >= 4 is 34.4 Å². The van der Waals surface area contributed by atoms with Gasteiger partial charge in [-0.3, -0.25) is 19.0 Å². The smallest absolute Gasteiger partial charge is 0.262 e. The number of carbonyl (C=O) groups excluding carboxylic acids is 2. The predicted octanol–water partition coefficient (Wildman–Crippen LogP) is 4.55. The van der Waals surface area contributed by atoms with Gasteiger partial charge in [0, 0.05) is 24.2 Å². The number of thioether (sulfide) groups is 1. The Morgan fingerprint density at radius 1 is 1.03 bits per heavy atom. The lowest BCUT2D eigenvalue weighted by molar-refractivity contribution is 0.0948. The van der Waals surface area contributed by atoms with Gasteiger partial charge in [0.1, 0.15) is 5.82 Å². The largest absolute Gasteiger partial charge is 0.352 e. The van der Waals surface area contributed by atoms with Crippen LogP contribution in [-0.4, -0.2) is 33.5 Å². The molecule has 0 bridgehead atoms. The molecular weight excluding hydrogens is 441 g/mol. The number of aromatic nitrogens is 2.